The minimum Gasteiger partial charge on any atom is -0.395 e. The third-order valence-corrected chi connectivity index (χ3v) is 3.81. The number of rotatable bonds is 3. The molecule has 0 spiro atoms. The molecule has 1 saturated heterocycles. The van der Waals surface area contributed by atoms with Gasteiger partial charge in [0.05, 0.1) is 25.9 Å². The summed E-state index contributed by atoms with van der Waals surface area (Å²) in [6.07, 6.45) is 0. The Morgan fingerprint density at radius 3 is 3.17 bits per heavy atom. The third kappa shape index (κ3) is 3.55. The topological polar surface area (TPSA) is 52.9 Å². The largest absolute Gasteiger partial charge is 0.395 e. The third-order valence-electron chi connectivity index (χ3n) is 2.88. The highest BCUT2D eigenvalue weighted by Crippen LogP contribution is 2.18. The molecule has 98 valence electrons. The Morgan fingerprint density at radius 1 is 1.50 bits per heavy atom. The summed E-state index contributed by atoms with van der Waals surface area (Å²) in [4.78, 5) is 3.45. The summed E-state index contributed by atoms with van der Waals surface area (Å²) in [5.41, 5.74) is 0.942. The van der Waals surface area contributed by atoms with Crippen LogP contribution in [0.15, 0.2) is 11.4 Å². The van der Waals surface area contributed by atoms with Gasteiger partial charge >= 0.3 is 0 Å². The zero-order chi connectivity index (χ0) is 12.8. The predicted molar refractivity (Wildman–Crippen MR) is 70.4 cm³/mol. The first kappa shape index (κ1) is 13.5. The quantitative estimate of drug-likeness (QED) is 0.773. The van der Waals surface area contributed by atoms with Crippen LogP contribution in [0.5, 0.6) is 0 Å². The number of morpholine rings is 1. The molecule has 1 fully saturated rings. The Morgan fingerprint density at radius 2 is 2.39 bits per heavy atom. The Bertz CT molecular complexity index is 435. The molecular formula is C13H17NO3S. The minimum atomic E-state index is -0.110. The number of ether oxygens (including phenoxy) is 1. The molecule has 18 heavy (non-hydrogen) atoms. The molecular weight excluding hydrogens is 250 g/mol. The highest BCUT2D eigenvalue weighted by atomic mass is 32.1. The number of aliphatic hydroxyl groups excluding tert-OH is 2. The van der Waals surface area contributed by atoms with Gasteiger partial charge in [-0.05, 0) is 6.07 Å². The van der Waals surface area contributed by atoms with E-state index in [1.807, 2.05) is 11.4 Å². The second-order valence-corrected chi connectivity index (χ2v) is 5.14. The lowest BCUT2D eigenvalue weighted by molar-refractivity contribution is -0.0308. The van der Waals surface area contributed by atoms with E-state index in [9.17, 15) is 5.11 Å². The number of aliphatic hydroxyl groups is 2. The van der Waals surface area contributed by atoms with Crippen LogP contribution in [0.2, 0.25) is 0 Å². The molecule has 0 aromatic carbocycles. The Labute approximate surface area is 111 Å². The van der Waals surface area contributed by atoms with Gasteiger partial charge in [0.2, 0.25) is 0 Å². The smallest absolute Gasteiger partial charge is 0.104 e. The Hall–Kier alpha value is -0.900. The molecule has 1 aromatic heterocycles. The monoisotopic (exact) mass is 267 g/mol. The van der Waals surface area contributed by atoms with E-state index in [1.54, 1.807) is 11.3 Å². The van der Waals surface area contributed by atoms with E-state index in [-0.39, 0.29) is 19.3 Å². The van der Waals surface area contributed by atoms with E-state index < -0.39 is 0 Å². The second kappa shape index (κ2) is 6.88. The van der Waals surface area contributed by atoms with Gasteiger partial charge in [-0.15, -0.1) is 11.3 Å². The van der Waals surface area contributed by atoms with Gasteiger partial charge in [0.25, 0.3) is 0 Å². The number of thiophene rings is 1. The van der Waals surface area contributed by atoms with Crippen LogP contribution >= 0.6 is 11.3 Å². The average Bonchev–Trinajstić information content (AvgIpc) is 2.84. The summed E-state index contributed by atoms with van der Waals surface area (Å²) in [6, 6.07) is 2.13. The van der Waals surface area contributed by atoms with Crippen LogP contribution in [0, 0.1) is 11.8 Å². The molecule has 0 amide bonds. The first-order chi connectivity index (χ1) is 8.83. The maximum Gasteiger partial charge on any atom is 0.104 e. The zero-order valence-electron chi connectivity index (χ0n) is 10.1. The molecule has 2 rings (SSSR count). The fourth-order valence-corrected chi connectivity index (χ4v) is 2.78. The van der Waals surface area contributed by atoms with Gasteiger partial charge in [0, 0.05) is 28.9 Å². The van der Waals surface area contributed by atoms with Crippen molar-refractivity contribution >= 4 is 11.3 Å². The molecule has 0 saturated carbocycles. The molecule has 2 N–H and O–H groups in total. The van der Waals surface area contributed by atoms with Crippen LogP contribution in [0.1, 0.15) is 10.4 Å². The molecule has 4 nitrogen and oxygen atoms in total. The maximum absolute atomic E-state index is 9.29. The van der Waals surface area contributed by atoms with E-state index in [2.05, 4.69) is 16.7 Å². The molecule has 0 bridgehead atoms. The number of hydrogen-bond acceptors (Lipinski definition) is 5. The van der Waals surface area contributed by atoms with Crippen molar-refractivity contribution in [3.8, 4) is 11.8 Å². The second-order valence-electron chi connectivity index (χ2n) is 4.14. The summed E-state index contributed by atoms with van der Waals surface area (Å²) in [6.45, 7) is 3.00. The summed E-state index contributed by atoms with van der Waals surface area (Å²) in [7, 11) is 0. The summed E-state index contributed by atoms with van der Waals surface area (Å²) >= 11 is 1.66. The van der Waals surface area contributed by atoms with Gasteiger partial charge in [-0.2, -0.15) is 0 Å². The van der Waals surface area contributed by atoms with Crippen molar-refractivity contribution in [3.63, 3.8) is 0 Å². The van der Waals surface area contributed by atoms with Crippen molar-refractivity contribution in [1.29, 1.82) is 0 Å². The standard InChI is InChI=1S/C13H17NO3S/c15-4-1-2-11-6-13(18-10-11)7-14-3-5-17-9-12(14)8-16/h6,10,12,15-16H,3-5,7-9H2. The van der Waals surface area contributed by atoms with Crippen molar-refractivity contribution in [1.82, 2.24) is 4.90 Å². The van der Waals surface area contributed by atoms with E-state index >= 15 is 0 Å². The average molecular weight is 267 g/mol. The molecule has 5 heteroatoms. The molecule has 1 aromatic rings. The van der Waals surface area contributed by atoms with Crippen LogP contribution in [0.3, 0.4) is 0 Å². The molecule has 0 radical (unpaired) electrons. The van der Waals surface area contributed by atoms with E-state index in [0.717, 1.165) is 25.3 Å². The Kier molecular flexibility index (Phi) is 5.17. The van der Waals surface area contributed by atoms with Crippen LogP contribution in [0.4, 0.5) is 0 Å². The molecule has 1 aliphatic rings. The maximum atomic E-state index is 9.29. The summed E-state index contributed by atoms with van der Waals surface area (Å²) in [5.74, 6) is 5.54. The van der Waals surface area contributed by atoms with Crippen LogP contribution in [0.25, 0.3) is 0 Å². The van der Waals surface area contributed by atoms with E-state index in [4.69, 9.17) is 9.84 Å². The Balaban J connectivity index is 1.97. The minimum absolute atomic E-state index is 0.0906. The van der Waals surface area contributed by atoms with Gasteiger partial charge in [0.1, 0.15) is 6.61 Å². The normalized spacial score (nSPS) is 20.4. The lowest BCUT2D eigenvalue weighted by Crippen LogP contribution is -2.46. The van der Waals surface area contributed by atoms with E-state index in [1.165, 1.54) is 4.88 Å². The van der Waals surface area contributed by atoms with Crippen molar-refractivity contribution in [2.24, 2.45) is 0 Å². The van der Waals surface area contributed by atoms with Crippen LogP contribution in [-0.4, -0.2) is 54.1 Å². The van der Waals surface area contributed by atoms with Gasteiger partial charge in [-0.1, -0.05) is 11.8 Å². The molecule has 1 aliphatic heterocycles. The lowest BCUT2D eigenvalue weighted by Gasteiger charge is -2.33. The van der Waals surface area contributed by atoms with Crippen LogP contribution < -0.4 is 0 Å². The van der Waals surface area contributed by atoms with Crippen molar-refractivity contribution in [2.75, 3.05) is 33.0 Å². The fraction of sp³-hybridized carbons (Fsp3) is 0.538. The van der Waals surface area contributed by atoms with Crippen molar-refractivity contribution in [2.45, 2.75) is 12.6 Å². The summed E-state index contributed by atoms with van der Waals surface area (Å²) < 4.78 is 5.35. The summed E-state index contributed by atoms with van der Waals surface area (Å²) in [5, 5.41) is 19.9. The van der Waals surface area contributed by atoms with Gasteiger partial charge in [0.15, 0.2) is 0 Å². The van der Waals surface area contributed by atoms with Crippen molar-refractivity contribution in [3.05, 3.63) is 21.9 Å². The first-order valence-corrected chi connectivity index (χ1v) is 6.81. The van der Waals surface area contributed by atoms with Gasteiger partial charge in [-0.25, -0.2) is 0 Å². The first-order valence-electron chi connectivity index (χ1n) is 5.93. The molecule has 1 unspecified atom stereocenters. The zero-order valence-corrected chi connectivity index (χ0v) is 10.9. The van der Waals surface area contributed by atoms with Crippen LogP contribution in [-0.2, 0) is 11.3 Å². The molecule has 1 atom stereocenters. The van der Waals surface area contributed by atoms with Gasteiger partial charge in [-0.3, -0.25) is 4.90 Å². The molecule has 0 aliphatic carbocycles. The number of hydrogen-bond donors (Lipinski definition) is 2. The predicted octanol–water partition coefficient (Wildman–Crippen LogP) is 0.285. The number of nitrogens with zero attached hydrogens (tertiary/aromatic N) is 1. The highest BCUT2D eigenvalue weighted by Gasteiger charge is 2.22. The van der Waals surface area contributed by atoms with Gasteiger partial charge < -0.3 is 14.9 Å². The SMILES string of the molecule is OCC#Cc1csc(CN2CCOCC2CO)c1. The highest BCUT2D eigenvalue weighted by molar-refractivity contribution is 7.10. The fourth-order valence-electron chi connectivity index (χ4n) is 1.94. The molecule has 2 heterocycles. The van der Waals surface area contributed by atoms with E-state index in [0.29, 0.717) is 6.61 Å². The lowest BCUT2D eigenvalue weighted by atomic mass is 10.2. The van der Waals surface area contributed by atoms with Crippen molar-refractivity contribution < 1.29 is 14.9 Å².